The summed E-state index contributed by atoms with van der Waals surface area (Å²) in [6.45, 7) is 5.30. The minimum Gasteiger partial charge on any atom is -0.465 e. The molecule has 8 heteroatoms. The van der Waals surface area contributed by atoms with E-state index >= 15 is 0 Å². The van der Waals surface area contributed by atoms with E-state index in [1.807, 2.05) is 19.1 Å². The molecule has 1 aliphatic carbocycles. The molecule has 1 heterocycles. The summed E-state index contributed by atoms with van der Waals surface area (Å²) in [5, 5.41) is 5.31. The molecule has 0 spiro atoms. The van der Waals surface area contributed by atoms with Crippen LogP contribution in [0.15, 0.2) is 12.2 Å². The SMILES string of the molecule is CCNC(=O)NCCCOC(=O)C1CC=CCC1C(=O)N1CCOCC1. The van der Waals surface area contributed by atoms with Crippen LogP contribution < -0.4 is 10.6 Å². The van der Waals surface area contributed by atoms with E-state index in [1.165, 1.54) is 0 Å². The van der Waals surface area contributed by atoms with E-state index in [-0.39, 0.29) is 30.4 Å². The van der Waals surface area contributed by atoms with Gasteiger partial charge in [-0.2, -0.15) is 0 Å². The van der Waals surface area contributed by atoms with Crippen LogP contribution in [0.4, 0.5) is 4.79 Å². The average molecular weight is 367 g/mol. The van der Waals surface area contributed by atoms with Crippen LogP contribution in [0, 0.1) is 11.8 Å². The molecule has 0 aromatic rings. The zero-order valence-electron chi connectivity index (χ0n) is 15.4. The van der Waals surface area contributed by atoms with E-state index in [0.717, 1.165) is 0 Å². The van der Waals surface area contributed by atoms with Crippen molar-refractivity contribution < 1.29 is 23.9 Å². The van der Waals surface area contributed by atoms with Crippen molar-refractivity contribution >= 4 is 17.9 Å². The Hall–Kier alpha value is -2.09. The van der Waals surface area contributed by atoms with Crippen LogP contribution in [0.5, 0.6) is 0 Å². The van der Waals surface area contributed by atoms with Gasteiger partial charge in [-0.3, -0.25) is 9.59 Å². The molecule has 146 valence electrons. The number of carbonyl (C=O) groups is 3. The summed E-state index contributed by atoms with van der Waals surface area (Å²) in [6, 6.07) is -0.229. The zero-order valence-corrected chi connectivity index (χ0v) is 15.4. The van der Waals surface area contributed by atoms with Crippen molar-refractivity contribution in [3.63, 3.8) is 0 Å². The van der Waals surface area contributed by atoms with Crippen LogP contribution in [0.1, 0.15) is 26.2 Å². The molecule has 1 fully saturated rings. The van der Waals surface area contributed by atoms with Gasteiger partial charge >= 0.3 is 12.0 Å². The molecule has 2 aliphatic rings. The molecule has 0 aromatic heterocycles. The monoisotopic (exact) mass is 367 g/mol. The average Bonchev–Trinajstić information content (AvgIpc) is 2.68. The molecule has 0 aromatic carbocycles. The maximum absolute atomic E-state index is 12.8. The first-order valence-corrected chi connectivity index (χ1v) is 9.33. The van der Waals surface area contributed by atoms with Gasteiger partial charge in [0.15, 0.2) is 0 Å². The Bertz CT molecular complexity index is 517. The Balaban J connectivity index is 1.77. The summed E-state index contributed by atoms with van der Waals surface area (Å²) in [6.07, 6.45) is 5.52. The molecule has 1 saturated heterocycles. The molecule has 2 N–H and O–H groups in total. The number of ether oxygens (including phenoxy) is 2. The summed E-state index contributed by atoms with van der Waals surface area (Å²) in [7, 11) is 0. The van der Waals surface area contributed by atoms with Crippen molar-refractivity contribution in [1.29, 1.82) is 0 Å². The maximum Gasteiger partial charge on any atom is 0.314 e. The van der Waals surface area contributed by atoms with Gasteiger partial charge in [0.05, 0.1) is 31.7 Å². The van der Waals surface area contributed by atoms with Crippen molar-refractivity contribution in [3.05, 3.63) is 12.2 Å². The molecule has 1 aliphatic heterocycles. The highest BCUT2D eigenvalue weighted by atomic mass is 16.5. The third kappa shape index (κ3) is 6.01. The number of allylic oxidation sites excluding steroid dienone is 2. The van der Waals surface area contributed by atoms with E-state index in [1.54, 1.807) is 4.90 Å². The molecule has 0 radical (unpaired) electrons. The topological polar surface area (TPSA) is 97.0 Å². The zero-order chi connectivity index (χ0) is 18.8. The summed E-state index contributed by atoms with van der Waals surface area (Å²) in [5.41, 5.74) is 0. The summed E-state index contributed by atoms with van der Waals surface area (Å²) >= 11 is 0. The fourth-order valence-electron chi connectivity index (χ4n) is 3.14. The minimum atomic E-state index is -0.438. The lowest BCUT2D eigenvalue weighted by atomic mass is 9.82. The number of amides is 3. The van der Waals surface area contributed by atoms with Gasteiger partial charge in [-0.15, -0.1) is 0 Å². The number of urea groups is 1. The summed E-state index contributed by atoms with van der Waals surface area (Å²) in [4.78, 5) is 38.2. The van der Waals surface area contributed by atoms with Crippen molar-refractivity contribution in [1.82, 2.24) is 15.5 Å². The second-order valence-electron chi connectivity index (χ2n) is 6.40. The fourth-order valence-corrected chi connectivity index (χ4v) is 3.14. The van der Waals surface area contributed by atoms with Gasteiger partial charge in [-0.05, 0) is 26.2 Å². The second-order valence-corrected chi connectivity index (χ2v) is 6.40. The summed E-state index contributed by atoms with van der Waals surface area (Å²) < 4.78 is 10.6. The molecule has 0 bridgehead atoms. The normalized spacial score (nSPS) is 22.6. The van der Waals surface area contributed by atoms with Crippen molar-refractivity contribution in [2.24, 2.45) is 11.8 Å². The van der Waals surface area contributed by atoms with E-state index < -0.39 is 5.92 Å². The molecule has 2 unspecified atom stereocenters. The Morgan fingerprint density at radius 1 is 1.12 bits per heavy atom. The predicted octanol–water partition coefficient (Wildman–Crippen LogP) is 0.680. The molecule has 8 nitrogen and oxygen atoms in total. The van der Waals surface area contributed by atoms with Crippen LogP contribution in [-0.4, -0.2) is 68.8 Å². The number of rotatable bonds is 7. The molecule has 2 atom stereocenters. The number of carbonyl (C=O) groups excluding carboxylic acids is 3. The molecular formula is C18H29N3O5. The number of nitrogens with one attached hydrogen (secondary N) is 2. The number of morpholine rings is 1. The minimum absolute atomic E-state index is 0.0116. The second kappa shape index (κ2) is 10.8. The van der Waals surface area contributed by atoms with Gasteiger partial charge in [-0.1, -0.05) is 12.2 Å². The Kier molecular flexibility index (Phi) is 8.40. The van der Waals surface area contributed by atoms with Crippen LogP contribution in [0.2, 0.25) is 0 Å². The number of hydrogen-bond donors (Lipinski definition) is 2. The highest BCUT2D eigenvalue weighted by molar-refractivity contribution is 5.86. The Labute approximate surface area is 154 Å². The van der Waals surface area contributed by atoms with Gasteiger partial charge in [0, 0.05) is 26.2 Å². The first kappa shape index (κ1) is 20.2. The first-order chi connectivity index (χ1) is 12.6. The quantitative estimate of drug-likeness (QED) is 0.392. The van der Waals surface area contributed by atoms with Crippen LogP contribution in [0.3, 0.4) is 0 Å². The Morgan fingerprint density at radius 2 is 1.81 bits per heavy atom. The first-order valence-electron chi connectivity index (χ1n) is 9.33. The van der Waals surface area contributed by atoms with Crippen LogP contribution >= 0.6 is 0 Å². The fraction of sp³-hybridized carbons (Fsp3) is 0.722. The lowest BCUT2D eigenvalue weighted by molar-refractivity contribution is -0.156. The maximum atomic E-state index is 12.8. The molecule has 3 amide bonds. The van der Waals surface area contributed by atoms with Crippen LogP contribution in [0.25, 0.3) is 0 Å². The highest BCUT2D eigenvalue weighted by Crippen LogP contribution is 2.29. The molecule has 0 saturated carbocycles. The molecule has 26 heavy (non-hydrogen) atoms. The Morgan fingerprint density at radius 3 is 2.50 bits per heavy atom. The summed E-state index contributed by atoms with van der Waals surface area (Å²) in [5.74, 6) is -1.12. The van der Waals surface area contributed by atoms with Crippen molar-refractivity contribution in [2.75, 3.05) is 46.0 Å². The van der Waals surface area contributed by atoms with Crippen molar-refractivity contribution in [3.8, 4) is 0 Å². The van der Waals surface area contributed by atoms with Gasteiger partial charge in [0.2, 0.25) is 5.91 Å². The number of hydrogen-bond acceptors (Lipinski definition) is 5. The lowest BCUT2D eigenvalue weighted by Gasteiger charge is -2.33. The number of esters is 1. The largest absolute Gasteiger partial charge is 0.465 e. The third-order valence-electron chi connectivity index (χ3n) is 4.56. The lowest BCUT2D eigenvalue weighted by Crippen LogP contribution is -2.47. The molecular weight excluding hydrogens is 338 g/mol. The van der Waals surface area contributed by atoms with Gasteiger partial charge in [0.1, 0.15) is 0 Å². The molecule has 2 rings (SSSR count). The van der Waals surface area contributed by atoms with Crippen LogP contribution in [-0.2, 0) is 19.1 Å². The van der Waals surface area contributed by atoms with Gasteiger partial charge in [0.25, 0.3) is 0 Å². The van der Waals surface area contributed by atoms with Gasteiger partial charge < -0.3 is 25.0 Å². The smallest absolute Gasteiger partial charge is 0.314 e. The number of nitrogens with zero attached hydrogens (tertiary/aromatic N) is 1. The van der Waals surface area contributed by atoms with Crippen molar-refractivity contribution in [2.45, 2.75) is 26.2 Å². The van der Waals surface area contributed by atoms with Gasteiger partial charge in [-0.25, -0.2) is 4.79 Å². The standard InChI is InChI=1S/C18H29N3O5/c1-2-19-18(24)20-8-5-11-26-17(23)15-7-4-3-6-14(15)16(22)21-9-12-25-13-10-21/h3-4,14-15H,2,5-13H2,1H3,(H2,19,20,24). The van der Waals surface area contributed by atoms with E-state index in [4.69, 9.17) is 9.47 Å². The van der Waals surface area contributed by atoms with E-state index in [2.05, 4.69) is 10.6 Å². The highest BCUT2D eigenvalue weighted by Gasteiger charge is 2.37. The predicted molar refractivity (Wildman–Crippen MR) is 95.4 cm³/mol. The third-order valence-corrected chi connectivity index (χ3v) is 4.56. The van der Waals surface area contributed by atoms with E-state index in [9.17, 15) is 14.4 Å². The van der Waals surface area contributed by atoms with E-state index in [0.29, 0.717) is 58.7 Å².